The van der Waals surface area contributed by atoms with E-state index in [1.54, 1.807) is 11.3 Å². The average molecular weight is 211 g/mol. The molecule has 1 aliphatic heterocycles. The first kappa shape index (κ1) is 8.68. The Labute approximate surface area is 87.1 Å². The predicted molar refractivity (Wildman–Crippen MR) is 54.0 cm³/mol. The van der Waals surface area contributed by atoms with Gasteiger partial charge in [-0.05, 0) is 25.7 Å². The lowest BCUT2D eigenvalue weighted by atomic mass is 10.0. The van der Waals surface area contributed by atoms with Gasteiger partial charge < -0.3 is 9.47 Å². The molecule has 3 rings (SSSR count). The van der Waals surface area contributed by atoms with E-state index in [2.05, 4.69) is 4.98 Å². The van der Waals surface area contributed by atoms with Gasteiger partial charge in [-0.25, -0.2) is 4.98 Å². The molecule has 0 radical (unpaired) electrons. The van der Waals surface area contributed by atoms with Gasteiger partial charge in [-0.2, -0.15) is 0 Å². The molecule has 2 aliphatic rings. The zero-order valence-corrected chi connectivity index (χ0v) is 8.81. The molecule has 0 bridgehead atoms. The SMILES string of the molecule is C1CCc2sc(OC3COC3)nc2C1. The van der Waals surface area contributed by atoms with Crippen molar-refractivity contribution < 1.29 is 9.47 Å². The first-order valence-corrected chi connectivity index (χ1v) is 5.96. The number of hydrogen-bond donors (Lipinski definition) is 0. The standard InChI is InChI=1S/C10H13NO2S/c1-2-4-9-8(3-1)11-10(14-9)13-7-5-12-6-7/h7H,1-6H2. The van der Waals surface area contributed by atoms with E-state index in [-0.39, 0.29) is 6.10 Å². The third-order valence-electron chi connectivity index (χ3n) is 2.70. The summed E-state index contributed by atoms with van der Waals surface area (Å²) >= 11 is 1.72. The number of ether oxygens (including phenoxy) is 2. The smallest absolute Gasteiger partial charge is 0.274 e. The molecule has 0 atom stereocenters. The number of rotatable bonds is 2. The fourth-order valence-corrected chi connectivity index (χ4v) is 2.87. The number of aryl methyl sites for hydroxylation is 2. The van der Waals surface area contributed by atoms with Crippen LogP contribution in [-0.4, -0.2) is 24.3 Å². The lowest BCUT2D eigenvalue weighted by Gasteiger charge is -2.25. The summed E-state index contributed by atoms with van der Waals surface area (Å²) in [6.45, 7) is 1.45. The molecule has 1 aliphatic carbocycles. The highest BCUT2D eigenvalue weighted by Gasteiger charge is 2.23. The van der Waals surface area contributed by atoms with Gasteiger partial charge in [0.15, 0.2) is 0 Å². The van der Waals surface area contributed by atoms with Crippen LogP contribution in [0.4, 0.5) is 0 Å². The molecule has 0 unspecified atom stereocenters. The topological polar surface area (TPSA) is 31.4 Å². The van der Waals surface area contributed by atoms with E-state index in [1.807, 2.05) is 0 Å². The number of hydrogen-bond acceptors (Lipinski definition) is 4. The number of nitrogens with zero attached hydrogens (tertiary/aromatic N) is 1. The Bertz CT molecular complexity index is 309. The normalized spacial score (nSPS) is 21.4. The third kappa shape index (κ3) is 1.53. The second-order valence-corrected chi connectivity index (χ2v) is 4.88. The van der Waals surface area contributed by atoms with Crippen molar-refractivity contribution in [3.05, 3.63) is 10.6 Å². The van der Waals surface area contributed by atoms with Crippen molar-refractivity contribution in [3.8, 4) is 5.19 Å². The molecule has 76 valence electrons. The third-order valence-corrected chi connectivity index (χ3v) is 3.75. The highest BCUT2D eigenvalue weighted by Crippen LogP contribution is 2.31. The van der Waals surface area contributed by atoms with Crippen LogP contribution in [0.5, 0.6) is 5.19 Å². The summed E-state index contributed by atoms with van der Waals surface area (Å²) in [5.41, 5.74) is 1.27. The summed E-state index contributed by atoms with van der Waals surface area (Å²) in [6.07, 6.45) is 5.17. The fraction of sp³-hybridized carbons (Fsp3) is 0.700. The van der Waals surface area contributed by atoms with Gasteiger partial charge in [-0.3, -0.25) is 0 Å². The van der Waals surface area contributed by atoms with Crippen LogP contribution in [0.2, 0.25) is 0 Å². The van der Waals surface area contributed by atoms with Gasteiger partial charge in [0.2, 0.25) is 0 Å². The lowest BCUT2D eigenvalue weighted by Crippen LogP contribution is -2.38. The number of thiazole rings is 1. The second kappa shape index (κ2) is 3.51. The quantitative estimate of drug-likeness (QED) is 0.747. The van der Waals surface area contributed by atoms with E-state index >= 15 is 0 Å². The summed E-state index contributed by atoms with van der Waals surface area (Å²) in [7, 11) is 0. The molecule has 1 aromatic heterocycles. The van der Waals surface area contributed by atoms with Crippen LogP contribution in [0.1, 0.15) is 23.4 Å². The van der Waals surface area contributed by atoms with Gasteiger partial charge in [0.25, 0.3) is 5.19 Å². The van der Waals surface area contributed by atoms with Crippen LogP contribution in [0.15, 0.2) is 0 Å². The van der Waals surface area contributed by atoms with Crippen molar-refractivity contribution in [3.63, 3.8) is 0 Å². The first-order valence-electron chi connectivity index (χ1n) is 5.15. The molecular weight excluding hydrogens is 198 g/mol. The van der Waals surface area contributed by atoms with E-state index in [0.29, 0.717) is 0 Å². The maximum absolute atomic E-state index is 5.69. The lowest BCUT2D eigenvalue weighted by molar-refractivity contribution is -0.0797. The van der Waals surface area contributed by atoms with Crippen molar-refractivity contribution in [1.82, 2.24) is 4.98 Å². The summed E-state index contributed by atoms with van der Waals surface area (Å²) in [4.78, 5) is 5.95. The first-order chi connectivity index (χ1) is 6.92. The van der Waals surface area contributed by atoms with Crippen LogP contribution < -0.4 is 4.74 Å². The summed E-state index contributed by atoms with van der Waals surface area (Å²) in [5.74, 6) is 0. The zero-order chi connectivity index (χ0) is 9.38. The van der Waals surface area contributed by atoms with E-state index in [1.165, 1.54) is 29.8 Å². The summed E-state index contributed by atoms with van der Waals surface area (Å²) < 4.78 is 10.7. The molecule has 0 N–H and O–H groups in total. The Hall–Kier alpha value is -0.610. The van der Waals surface area contributed by atoms with E-state index in [4.69, 9.17) is 9.47 Å². The molecule has 3 nitrogen and oxygen atoms in total. The zero-order valence-electron chi connectivity index (χ0n) is 7.99. The van der Waals surface area contributed by atoms with Crippen molar-refractivity contribution in [2.45, 2.75) is 31.8 Å². The van der Waals surface area contributed by atoms with Crippen molar-refractivity contribution in [2.75, 3.05) is 13.2 Å². The van der Waals surface area contributed by atoms with Gasteiger partial charge in [0.1, 0.15) is 6.10 Å². The average Bonchev–Trinajstić information content (AvgIpc) is 2.53. The minimum absolute atomic E-state index is 0.252. The van der Waals surface area contributed by atoms with E-state index in [9.17, 15) is 0 Å². The second-order valence-electron chi connectivity index (χ2n) is 3.83. The van der Waals surface area contributed by atoms with Gasteiger partial charge in [0.05, 0.1) is 18.9 Å². The minimum atomic E-state index is 0.252. The Kier molecular flexibility index (Phi) is 2.18. The highest BCUT2D eigenvalue weighted by atomic mass is 32.1. The molecule has 1 aromatic rings. The molecule has 0 aromatic carbocycles. The monoisotopic (exact) mass is 211 g/mol. The van der Waals surface area contributed by atoms with Crippen molar-refractivity contribution in [1.29, 1.82) is 0 Å². The Morgan fingerprint density at radius 1 is 1.29 bits per heavy atom. The highest BCUT2D eigenvalue weighted by molar-refractivity contribution is 7.13. The minimum Gasteiger partial charge on any atom is -0.462 e. The van der Waals surface area contributed by atoms with Crippen LogP contribution >= 0.6 is 11.3 Å². The summed E-state index contributed by atoms with van der Waals surface area (Å²) in [6, 6.07) is 0. The molecule has 14 heavy (non-hydrogen) atoms. The molecule has 0 spiro atoms. The molecule has 2 heterocycles. The fourth-order valence-electron chi connectivity index (χ4n) is 1.80. The van der Waals surface area contributed by atoms with Crippen LogP contribution in [0, 0.1) is 0 Å². The van der Waals surface area contributed by atoms with Crippen molar-refractivity contribution in [2.24, 2.45) is 0 Å². The molecular formula is C10H13NO2S. The predicted octanol–water partition coefficient (Wildman–Crippen LogP) is 1.80. The number of aromatic nitrogens is 1. The maximum Gasteiger partial charge on any atom is 0.274 e. The van der Waals surface area contributed by atoms with Crippen LogP contribution in [0.25, 0.3) is 0 Å². The molecule has 0 amide bonds. The van der Waals surface area contributed by atoms with Gasteiger partial charge in [-0.15, -0.1) is 0 Å². The molecule has 1 fully saturated rings. The molecule has 0 saturated carbocycles. The van der Waals surface area contributed by atoms with Gasteiger partial charge in [-0.1, -0.05) is 11.3 Å². The largest absolute Gasteiger partial charge is 0.462 e. The Morgan fingerprint density at radius 2 is 2.14 bits per heavy atom. The van der Waals surface area contributed by atoms with Crippen molar-refractivity contribution >= 4 is 11.3 Å². The maximum atomic E-state index is 5.69. The van der Waals surface area contributed by atoms with Gasteiger partial charge in [0, 0.05) is 4.88 Å². The molecule has 1 saturated heterocycles. The van der Waals surface area contributed by atoms with E-state index < -0.39 is 0 Å². The number of fused-ring (bicyclic) bond motifs is 1. The Morgan fingerprint density at radius 3 is 2.86 bits per heavy atom. The van der Waals surface area contributed by atoms with E-state index in [0.717, 1.165) is 24.8 Å². The van der Waals surface area contributed by atoms with Crippen LogP contribution in [0.3, 0.4) is 0 Å². The Balaban J connectivity index is 1.74. The van der Waals surface area contributed by atoms with Crippen LogP contribution in [-0.2, 0) is 17.6 Å². The van der Waals surface area contributed by atoms with Gasteiger partial charge >= 0.3 is 0 Å². The molecule has 4 heteroatoms. The summed E-state index contributed by atoms with van der Waals surface area (Å²) in [5, 5.41) is 0.852.